The number of morpholine rings is 1. The van der Waals surface area contributed by atoms with Crippen molar-refractivity contribution in [3.8, 4) is 0 Å². The highest BCUT2D eigenvalue weighted by Gasteiger charge is 2.24. The van der Waals surface area contributed by atoms with E-state index in [2.05, 4.69) is 17.0 Å². The lowest BCUT2D eigenvalue weighted by Gasteiger charge is -2.37. The number of hydrogen-bond acceptors (Lipinski definition) is 4. The summed E-state index contributed by atoms with van der Waals surface area (Å²) in [6.45, 7) is 4.23. The molecule has 2 unspecified atom stereocenters. The first-order valence-electron chi connectivity index (χ1n) is 6.03. The second kappa shape index (κ2) is 5.49. The maximum Gasteiger partial charge on any atom is 0.0984 e. The average molecular weight is 236 g/mol. The van der Waals surface area contributed by atoms with Crippen LogP contribution in [0.4, 0.5) is 5.69 Å². The van der Waals surface area contributed by atoms with Crippen LogP contribution in [0.5, 0.6) is 0 Å². The minimum atomic E-state index is -0.0970. The maximum absolute atomic E-state index is 9.20. The van der Waals surface area contributed by atoms with Crippen molar-refractivity contribution in [3.63, 3.8) is 0 Å². The quantitative estimate of drug-likeness (QED) is 0.812. The summed E-state index contributed by atoms with van der Waals surface area (Å²) < 4.78 is 5.63. The highest BCUT2D eigenvalue weighted by atomic mass is 16.5. The zero-order valence-electron chi connectivity index (χ0n) is 10.2. The summed E-state index contributed by atoms with van der Waals surface area (Å²) in [5.41, 5.74) is 7.93. The second-order valence-corrected chi connectivity index (χ2v) is 4.53. The first-order valence-corrected chi connectivity index (χ1v) is 6.03. The summed E-state index contributed by atoms with van der Waals surface area (Å²) >= 11 is 0. The van der Waals surface area contributed by atoms with Gasteiger partial charge in [0.05, 0.1) is 18.8 Å². The van der Waals surface area contributed by atoms with Gasteiger partial charge in [-0.1, -0.05) is 12.1 Å². The monoisotopic (exact) mass is 236 g/mol. The van der Waals surface area contributed by atoms with E-state index in [1.54, 1.807) is 0 Å². The van der Waals surface area contributed by atoms with E-state index < -0.39 is 0 Å². The Hall–Kier alpha value is -1.10. The van der Waals surface area contributed by atoms with E-state index in [1.165, 1.54) is 0 Å². The van der Waals surface area contributed by atoms with Crippen LogP contribution < -0.4 is 10.6 Å². The zero-order valence-corrected chi connectivity index (χ0v) is 10.2. The van der Waals surface area contributed by atoms with Crippen LogP contribution in [0.1, 0.15) is 12.5 Å². The molecule has 2 rings (SSSR count). The summed E-state index contributed by atoms with van der Waals surface area (Å²) in [4.78, 5) is 2.24. The van der Waals surface area contributed by atoms with Crippen molar-refractivity contribution in [1.82, 2.24) is 0 Å². The third-order valence-electron chi connectivity index (χ3n) is 3.04. The molecular weight excluding hydrogens is 216 g/mol. The van der Waals surface area contributed by atoms with Crippen LogP contribution in [-0.4, -0.2) is 37.0 Å². The fraction of sp³-hybridized carbons (Fsp3) is 0.538. The highest BCUT2D eigenvalue weighted by Crippen LogP contribution is 2.21. The Morgan fingerprint density at radius 3 is 3.00 bits per heavy atom. The van der Waals surface area contributed by atoms with Gasteiger partial charge in [0, 0.05) is 25.3 Å². The fourth-order valence-electron chi connectivity index (χ4n) is 2.24. The fourth-order valence-corrected chi connectivity index (χ4v) is 2.24. The standard InChI is InChI=1S/C13H20N2O2/c1-10-7-15(8-13(9-16)17-10)12-4-2-3-11(5-12)6-14/h2-5,10,13,16H,6-9,14H2,1H3. The molecule has 0 bridgehead atoms. The summed E-state index contributed by atoms with van der Waals surface area (Å²) in [7, 11) is 0. The maximum atomic E-state index is 9.20. The number of benzene rings is 1. The van der Waals surface area contributed by atoms with Crippen molar-refractivity contribution in [2.45, 2.75) is 25.7 Å². The molecule has 0 amide bonds. The van der Waals surface area contributed by atoms with Gasteiger partial charge in [-0.25, -0.2) is 0 Å². The Labute approximate surface area is 102 Å². The van der Waals surface area contributed by atoms with Crippen molar-refractivity contribution >= 4 is 5.69 Å². The van der Waals surface area contributed by atoms with Gasteiger partial charge in [0.15, 0.2) is 0 Å². The number of aliphatic hydroxyl groups is 1. The molecule has 1 heterocycles. The first-order chi connectivity index (χ1) is 8.22. The second-order valence-electron chi connectivity index (χ2n) is 4.53. The highest BCUT2D eigenvalue weighted by molar-refractivity contribution is 5.49. The molecular formula is C13H20N2O2. The molecule has 0 aliphatic carbocycles. The molecule has 1 fully saturated rings. The van der Waals surface area contributed by atoms with Crippen LogP contribution in [0.2, 0.25) is 0 Å². The number of hydrogen-bond donors (Lipinski definition) is 2. The molecule has 94 valence electrons. The van der Waals surface area contributed by atoms with Crippen LogP contribution in [-0.2, 0) is 11.3 Å². The van der Waals surface area contributed by atoms with Crippen molar-refractivity contribution in [1.29, 1.82) is 0 Å². The van der Waals surface area contributed by atoms with Gasteiger partial charge in [-0.3, -0.25) is 0 Å². The molecule has 17 heavy (non-hydrogen) atoms. The molecule has 1 aliphatic heterocycles. The molecule has 3 N–H and O–H groups in total. The minimum absolute atomic E-state index is 0.0669. The smallest absolute Gasteiger partial charge is 0.0984 e. The van der Waals surface area contributed by atoms with E-state index in [0.717, 1.165) is 24.3 Å². The van der Waals surface area contributed by atoms with Crippen molar-refractivity contribution < 1.29 is 9.84 Å². The number of anilines is 1. The van der Waals surface area contributed by atoms with Gasteiger partial charge < -0.3 is 20.5 Å². The molecule has 4 heteroatoms. The lowest BCUT2D eigenvalue weighted by molar-refractivity contribution is -0.0421. The molecule has 0 aromatic heterocycles. The molecule has 1 aliphatic rings. The van der Waals surface area contributed by atoms with Crippen molar-refractivity contribution in [2.24, 2.45) is 5.73 Å². The number of aliphatic hydroxyl groups excluding tert-OH is 1. The summed E-state index contributed by atoms with van der Waals surface area (Å²) in [5, 5.41) is 9.20. The Kier molecular flexibility index (Phi) is 3.99. The van der Waals surface area contributed by atoms with E-state index in [9.17, 15) is 5.11 Å². The Balaban J connectivity index is 2.14. The van der Waals surface area contributed by atoms with E-state index in [-0.39, 0.29) is 18.8 Å². The van der Waals surface area contributed by atoms with Crippen LogP contribution in [0.3, 0.4) is 0 Å². The number of ether oxygens (including phenoxy) is 1. The lowest BCUT2D eigenvalue weighted by Crippen LogP contribution is -2.48. The lowest BCUT2D eigenvalue weighted by atomic mass is 10.1. The number of nitrogens with two attached hydrogens (primary N) is 1. The van der Waals surface area contributed by atoms with Gasteiger partial charge in [-0.15, -0.1) is 0 Å². The third-order valence-corrected chi connectivity index (χ3v) is 3.04. The topological polar surface area (TPSA) is 58.7 Å². The molecule has 0 radical (unpaired) electrons. The van der Waals surface area contributed by atoms with E-state index >= 15 is 0 Å². The van der Waals surface area contributed by atoms with Gasteiger partial charge in [0.2, 0.25) is 0 Å². The Morgan fingerprint density at radius 2 is 2.29 bits per heavy atom. The predicted octanol–water partition coefficient (Wildman–Crippen LogP) is 0.731. The van der Waals surface area contributed by atoms with Crippen molar-refractivity contribution in [3.05, 3.63) is 29.8 Å². The molecule has 2 atom stereocenters. The molecule has 1 aromatic rings. The van der Waals surface area contributed by atoms with E-state index in [1.807, 2.05) is 19.1 Å². The predicted molar refractivity (Wildman–Crippen MR) is 68.0 cm³/mol. The third kappa shape index (κ3) is 2.97. The SMILES string of the molecule is CC1CN(c2cccc(CN)c2)CC(CO)O1. The first kappa shape index (κ1) is 12.4. The molecule has 0 saturated carbocycles. The van der Waals surface area contributed by atoms with Crippen LogP contribution in [0.15, 0.2) is 24.3 Å². The van der Waals surface area contributed by atoms with Gasteiger partial charge >= 0.3 is 0 Å². The normalized spacial score (nSPS) is 25.0. The van der Waals surface area contributed by atoms with Gasteiger partial charge in [-0.05, 0) is 24.6 Å². The van der Waals surface area contributed by atoms with Gasteiger partial charge in [0.25, 0.3) is 0 Å². The largest absolute Gasteiger partial charge is 0.394 e. The minimum Gasteiger partial charge on any atom is -0.394 e. The molecule has 4 nitrogen and oxygen atoms in total. The average Bonchev–Trinajstić information content (AvgIpc) is 2.38. The zero-order chi connectivity index (χ0) is 12.3. The molecule has 1 saturated heterocycles. The Bertz CT molecular complexity index is 370. The van der Waals surface area contributed by atoms with E-state index in [4.69, 9.17) is 10.5 Å². The summed E-state index contributed by atoms with van der Waals surface area (Å²) in [6.07, 6.45) is 0.0442. The van der Waals surface area contributed by atoms with Gasteiger partial charge in [-0.2, -0.15) is 0 Å². The summed E-state index contributed by atoms with van der Waals surface area (Å²) in [6, 6.07) is 8.22. The van der Waals surface area contributed by atoms with Crippen LogP contribution >= 0.6 is 0 Å². The number of nitrogens with zero attached hydrogens (tertiary/aromatic N) is 1. The molecule has 0 spiro atoms. The van der Waals surface area contributed by atoms with Crippen molar-refractivity contribution in [2.75, 3.05) is 24.6 Å². The van der Waals surface area contributed by atoms with Crippen LogP contribution in [0, 0.1) is 0 Å². The van der Waals surface area contributed by atoms with Crippen LogP contribution in [0.25, 0.3) is 0 Å². The van der Waals surface area contributed by atoms with Gasteiger partial charge in [0.1, 0.15) is 0 Å². The van der Waals surface area contributed by atoms with E-state index in [0.29, 0.717) is 6.54 Å². The molecule has 1 aromatic carbocycles. The number of rotatable bonds is 3. The summed E-state index contributed by atoms with van der Waals surface area (Å²) in [5.74, 6) is 0. The Morgan fingerprint density at radius 1 is 1.47 bits per heavy atom.